The quantitative estimate of drug-likeness (QED) is 0.469. The Bertz CT molecular complexity index is 908. The third-order valence-corrected chi connectivity index (χ3v) is 5.45. The van der Waals surface area contributed by atoms with Crippen molar-refractivity contribution >= 4 is 23.4 Å². The summed E-state index contributed by atoms with van der Waals surface area (Å²) in [5, 5.41) is 15.0. The topological polar surface area (TPSA) is 72.7 Å². The lowest BCUT2D eigenvalue weighted by Gasteiger charge is -2.08. The second kappa shape index (κ2) is 8.35. The molecule has 0 radical (unpaired) electrons. The SMILES string of the molecule is O=C(CCCSc1ccccc1)Nc1cccc(-c2nnnn2C2CC2)c1. The molecule has 0 spiro atoms. The zero-order valence-electron chi connectivity index (χ0n) is 14.9. The first-order chi connectivity index (χ1) is 13.3. The summed E-state index contributed by atoms with van der Waals surface area (Å²) in [4.78, 5) is 13.5. The fraction of sp³-hybridized carbons (Fsp3) is 0.300. The second-order valence-corrected chi connectivity index (χ2v) is 7.74. The molecule has 1 aliphatic carbocycles. The van der Waals surface area contributed by atoms with E-state index in [0.29, 0.717) is 12.5 Å². The standard InChI is InChI=1S/C20H21N5OS/c26-19(10-5-13-27-18-8-2-1-3-9-18)21-16-7-4-6-15(14-16)20-22-23-24-25(20)17-11-12-17/h1-4,6-9,14,17H,5,10-13H2,(H,21,26). The van der Waals surface area contributed by atoms with Gasteiger partial charge in [-0.2, -0.15) is 0 Å². The highest BCUT2D eigenvalue weighted by Gasteiger charge is 2.28. The molecule has 0 unspecified atom stereocenters. The van der Waals surface area contributed by atoms with Gasteiger partial charge in [0.25, 0.3) is 0 Å². The van der Waals surface area contributed by atoms with Gasteiger partial charge in [-0.05, 0) is 59.7 Å². The molecule has 1 fully saturated rings. The zero-order chi connectivity index (χ0) is 18.5. The van der Waals surface area contributed by atoms with Crippen LogP contribution in [0.3, 0.4) is 0 Å². The van der Waals surface area contributed by atoms with Crippen molar-refractivity contribution in [2.75, 3.05) is 11.1 Å². The third kappa shape index (κ3) is 4.74. The number of benzene rings is 2. The molecular formula is C20H21N5OS. The van der Waals surface area contributed by atoms with Crippen molar-refractivity contribution in [2.24, 2.45) is 0 Å². The number of anilines is 1. The number of tetrazole rings is 1. The Hall–Kier alpha value is -2.67. The monoisotopic (exact) mass is 379 g/mol. The molecule has 138 valence electrons. The van der Waals surface area contributed by atoms with Crippen LogP contribution in [-0.2, 0) is 4.79 Å². The minimum Gasteiger partial charge on any atom is -0.326 e. The first kappa shape index (κ1) is 17.7. The van der Waals surface area contributed by atoms with Gasteiger partial charge < -0.3 is 5.32 Å². The minimum absolute atomic E-state index is 0.0302. The van der Waals surface area contributed by atoms with E-state index in [9.17, 15) is 4.79 Å². The number of aromatic nitrogens is 4. The van der Waals surface area contributed by atoms with Crippen molar-refractivity contribution in [1.82, 2.24) is 20.2 Å². The number of thioether (sulfide) groups is 1. The molecular weight excluding hydrogens is 358 g/mol. The van der Waals surface area contributed by atoms with Crippen molar-refractivity contribution in [2.45, 2.75) is 36.6 Å². The number of carbonyl (C=O) groups is 1. The lowest BCUT2D eigenvalue weighted by atomic mass is 10.2. The van der Waals surface area contributed by atoms with Gasteiger partial charge in [0.1, 0.15) is 0 Å². The molecule has 1 heterocycles. The highest BCUT2D eigenvalue weighted by molar-refractivity contribution is 7.99. The first-order valence-corrected chi connectivity index (χ1v) is 10.1. The molecule has 2 aromatic carbocycles. The smallest absolute Gasteiger partial charge is 0.224 e. The van der Waals surface area contributed by atoms with Crippen molar-refractivity contribution in [3.8, 4) is 11.4 Å². The summed E-state index contributed by atoms with van der Waals surface area (Å²) in [5.74, 6) is 1.71. The predicted octanol–water partition coefficient (Wildman–Crippen LogP) is 4.19. The molecule has 1 aliphatic rings. The Kier molecular flexibility index (Phi) is 5.48. The van der Waals surface area contributed by atoms with Crippen LogP contribution in [0.2, 0.25) is 0 Å². The van der Waals surface area contributed by atoms with Crippen LogP contribution in [-0.4, -0.2) is 31.9 Å². The number of amides is 1. The maximum Gasteiger partial charge on any atom is 0.224 e. The summed E-state index contributed by atoms with van der Waals surface area (Å²) in [5.41, 5.74) is 1.70. The van der Waals surface area contributed by atoms with Gasteiger partial charge in [0.05, 0.1) is 6.04 Å². The van der Waals surface area contributed by atoms with E-state index < -0.39 is 0 Å². The summed E-state index contributed by atoms with van der Waals surface area (Å²) in [7, 11) is 0. The van der Waals surface area contributed by atoms with Gasteiger partial charge in [0.2, 0.25) is 5.91 Å². The summed E-state index contributed by atoms with van der Waals surface area (Å²) in [6.07, 6.45) is 3.58. The molecule has 0 atom stereocenters. The van der Waals surface area contributed by atoms with Crippen LogP contribution >= 0.6 is 11.8 Å². The fourth-order valence-corrected chi connectivity index (χ4v) is 3.72. The molecule has 1 saturated carbocycles. The molecule has 27 heavy (non-hydrogen) atoms. The molecule has 7 heteroatoms. The average Bonchev–Trinajstić information content (AvgIpc) is 3.42. The molecule has 0 saturated heterocycles. The number of nitrogens with zero attached hydrogens (tertiary/aromatic N) is 4. The Labute approximate surface area is 162 Å². The molecule has 4 rings (SSSR count). The molecule has 1 aromatic heterocycles. The predicted molar refractivity (Wildman–Crippen MR) is 107 cm³/mol. The highest BCUT2D eigenvalue weighted by atomic mass is 32.2. The van der Waals surface area contributed by atoms with E-state index in [4.69, 9.17) is 0 Å². The maximum atomic E-state index is 12.2. The van der Waals surface area contributed by atoms with E-state index in [0.717, 1.165) is 42.1 Å². The van der Waals surface area contributed by atoms with Crippen LogP contribution in [0.1, 0.15) is 31.7 Å². The lowest BCUT2D eigenvalue weighted by Crippen LogP contribution is -2.11. The molecule has 0 aliphatic heterocycles. The van der Waals surface area contributed by atoms with E-state index in [-0.39, 0.29) is 5.91 Å². The number of nitrogens with one attached hydrogen (secondary N) is 1. The fourth-order valence-electron chi connectivity index (χ4n) is 2.85. The van der Waals surface area contributed by atoms with E-state index in [1.165, 1.54) is 4.90 Å². The van der Waals surface area contributed by atoms with Gasteiger partial charge in [0, 0.05) is 22.6 Å². The molecule has 1 amide bonds. The second-order valence-electron chi connectivity index (χ2n) is 6.57. The Morgan fingerprint density at radius 1 is 1.15 bits per heavy atom. The normalized spacial score (nSPS) is 13.5. The van der Waals surface area contributed by atoms with Crippen LogP contribution in [0.5, 0.6) is 0 Å². The van der Waals surface area contributed by atoms with Gasteiger partial charge in [0.15, 0.2) is 5.82 Å². The summed E-state index contributed by atoms with van der Waals surface area (Å²) in [6, 6.07) is 18.4. The molecule has 6 nitrogen and oxygen atoms in total. The van der Waals surface area contributed by atoms with Crippen molar-refractivity contribution in [3.05, 3.63) is 54.6 Å². The van der Waals surface area contributed by atoms with Crippen molar-refractivity contribution in [1.29, 1.82) is 0 Å². The van der Waals surface area contributed by atoms with Gasteiger partial charge in [-0.25, -0.2) is 4.68 Å². The van der Waals surface area contributed by atoms with Crippen LogP contribution in [0.4, 0.5) is 5.69 Å². The van der Waals surface area contributed by atoms with Gasteiger partial charge in [-0.15, -0.1) is 16.9 Å². The van der Waals surface area contributed by atoms with E-state index in [1.807, 2.05) is 47.1 Å². The summed E-state index contributed by atoms with van der Waals surface area (Å²) < 4.78 is 1.88. The van der Waals surface area contributed by atoms with Crippen LogP contribution in [0.25, 0.3) is 11.4 Å². The Balaban J connectivity index is 1.30. The average molecular weight is 379 g/mol. The molecule has 0 bridgehead atoms. The van der Waals surface area contributed by atoms with E-state index >= 15 is 0 Å². The summed E-state index contributed by atoms with van der Waals surface area (Å²) in [6.45, 7) is 0. The molecule has 3 aromatic rings. The maximum absolute atomic E-state index is 12.2. The first-order valence-electron chi connectivity index (χ1n) is 9.15. The number of hydrogen-bond donors (Lipinski definition) is 1. The van der Waals surface area contributed by atoms with Crippen LogP contribution < -0.4 is 5.32 Å². The third-order valence-electron chi connectivity index (χ3n) is 4.35. The van der Waals surface area contributed by atoms with Gasteiger partial charge >= 0.3 is 0 Å². The van der Waals surface area contributed by atoms with Crippen molar-refractivity contribution < 1.29 is 4.79 Å². The van der Waals surface area contributed by atoms with Crippen LogP contribution in [0.15, 0.2) is 59.5 Å². The largest absolute Gasteiger partial charge is 0.326 e. The number of rotatable bonds is 8. The molecule has 1 N–H and O–H groups in total. The lowest BCUT2D eigenvalue weighted by molar-refractivity contribution is -0.116. The van der Waals surface area contributed by atoms with Gasteiger partial charge in [-0.3, -0.25) is 4.79 Å². The van der Waals surface area contributed by atoms with Crippen LogP contribution in [0, 0.1) is 0 Å². The number of hydrogen-bond acceptors (Lipinski definition) is 5. The van der Waals surface area contributed by atoms with Gasteiger partial charge in [-0.1, -0.05) is 30.3 Å². The van der Waals surface area contributed by atoms with Crippen molar-refractivity contribution in [3.63, 3.8) is 0 Å². The summed E-state index contributed by atoms with van der Waals surface area (Å²) >= 11 is 1.77. The Morgan fingerprint density at radius 3 is 2.81 bits per heavy atom. The highest BCUT2D eigenvalue weighted by Crippen LogP contribution is 2.36. The minimum atomic E-state index is 0.0302. The van der Waals surface area contributed by atoms with E-state index in [2.05, 4.69) is 33.0 Å². The Morgan fingerprint density at radius 2 is 2.00 bits per heavy atom. The van der Waals surface area contributed by atoms with E-state index in [1.54, 1.807) is 11.8 Å². The number of carbonyl (C=O) groups excluding carboxylic acids is 1. The zero-order valence-corrected chi connectivity index (χ0v) is 15.7.